The number of aryl methyl sites for hydroxylation is 1. The van der Waals surface area contributed by atoms with Crippen molar-refractivity contribution in [3.05, 3.63) is 58.9 Å². The minimum absolute atomic E-state index is 0.275. The number of hydrogen-bond donors (Lipinski definition) is 0. The molecule has 1 aromatic carbocycles. The number of benzene rings is 1. The summed E-state index contributed by atoms with van der Waals surface area (Å²) >= 11 is 0. The summed E-state index contributed by atoms with van der Waals surface area (Å²) in [6.45, 7) is 3.80. The SMILES string of the molecule is CCOC(=O)c1cnc(Cc2ccc(F)cc2)nc1C. The quantitative estimate of drug-likeness (QED) is 0.804. The minimum Gasteiger partial charge on any atom is -0.462 e. The van der Waals surface area contributed by atoms with Crippen molar-refractivity contribution in [1.29, 1.82) is 0 Å². The molecule has 0 atom stereocenters. The topological polar surface area (TPSA) is 52.1 Å². The largest absolute Gasteiger partial charge is 0.462 e. The first-order valence-corrected chi connectivity index (χ1v) is 6.34. The summed E-state index contributed by atoms with van der Waals surface area (Å²) < 4.78 is 17.7. The molecule has 5 heteroatoms. The van der Waals surface area contributed by atoms with Gasteiger partial charge in [-0.3, -0.25) is 0 Å². The van der Waals surface area contributed by atoms with E-state index in [0.29, 0.717) is 30.1 Å². The van der Waals surface area contributed by atoms with E-state index in [0.717, 1.165) is 5.56 Å². The molecule has 0 bridgehead atoms. The Hall–Kier alpha value is -2.30. The molecule has 0 aliphatic rings. The van der Waals surface area contributed by atoms with E-state index in [1.807, 2.05) is 0 Å². The predicted octanol–water partition coefficient (Wildman–Crippen LogP) is 2.69. The predicted molar refractivity (Wildman–Crippen MR) is 71.9 cm³/mol. The zero-order chi connectivity index (χ0) is 14.5. The molecule has 0 amide bonds. The van der Waals surface area contributed by atoms with E-state index < -0.39 is 5.97 Å². The molecular weight excluding hydrogens is 259 g/mol. The molecule has 1 heterocycles. The van der Waals surface area contributed by atoms with Crippen LogP contribution in [0.3, 0.4) is 0 Å². The number of halogens is 1. The first-order chi connectivity index (χ1) is 9.60. The van der Waals surface area contributed by atoms with Crippen LogP contribution >= 0.6 is 0 Å². The second-order valence-corrected chi connectivity index (χ2v) is 4.31. The number of ether oxygens (including phenoxy) is 1. The molecule has 0 unspecified atom stereocenters. The highest BCUT2D eigenvalue weighted by molar-refractivity contribution is 5.90. The van der Waals surface area contributed by atoms with E-state index in [9.17, 15) is 9.18 Å². The zero-order valence-electron chi connectivity index (χ0n) is 11.4. The standard InChI is InChI=1S/C15H15FN2O2/c1-3-20-15(19)13-9-17-14(18-10(13)2)8-11-4-6-12(16)7-5-11/h4-7,9H,3,8H2,1-2H3. The van der Waals surface area contributed by atoms with Gasteiger partial charge < -0.3 is 4.74 Å². The second kappa shape index (κ2) is 6.23. The van der Waals surface area contributed by atoms with E-state index in [4.69, 9.17) is 4.74 Å². The Balaban J connectivity index is 2.16. The van der Waals surface area contributed by atoms with Crippen LogP contribution in [-0.2, 0) is 11.2 Å². The number of aromatic nitrogens is 2. The first kappa shape index (κ1) is 14.1. The zero-order valence-corrected chi connectivity index (χ0v) is 11.4. The van der Waals surface area contributed by atoms with Gasteiger partial charge in [-0.2, -0.15) is 0 Å². The van der Waals surface area contributed by atoms with E-state index in [-0.39, 0.29) is 5.82 Å². The van der Waals surface area contributed by atoms with Crippen LogP contribution in [0.4, 0.5) is 4.39 Å². The van der Waals surface area contributed by atoms with Crippen molar-refractivity contribution in [3.8, 4) is 0 Å². The van der Waals surface area contributed by atoms with Gasteiger partial charge in [0.1, 0.15) is 11.6 Å². The normalized spacial score (nSPS) is 10.3. The van der Waals surface area contributed by atoms with Gasteiger partial charge in [-0.25, -0.2) is 19.2 Å². The molecule has 0 aliphatic carbocycles. The van der Waals surface area contributed by atoms with Crippen molar-refractivity contribution >= 4 is 5.97 Å². The fourth-order valence-electron chi connectivity index (χ4n) is 1.79. The summed E-state index contributed by atoms with van der Waals surface area (Å²) in [5.41, 5.74) is 1.86. The van der Waals surface area contributed by atoms with Gasteiger partial charge in [0.25, 0.3) is 0 Å². The number of esters is 1. The third-order valence-corrected chi connectivity index (χ3v) is 2.80. The number of rotatable bonds is 4. The highest BCUT2D eigenvalue weighted by atomic mass is 19.1. The Bertz CT molecular complexity index is 612. The van der Waals surface area contributed by atoms with Crippen LogP contribution in [0.25, 0.3) is 0 Å². The highest BCUT2D eigenvalue weighted by Crippen LogP contribution is 2.10. The van der Waals surface area contributed by atoms with E-state index in [1.54, 1.807) is 26.0 Å². The van der Waals surface area contributed by atoms with Crippen LogP contribution in [0.2, 0.25) is 0 Å². The molecule has 2 aromatic rings. The molecule has 2 rings (SSSR count). The maximum Gasteiger partial charge on any atom is 0.341 e. The Morgan fingerprint density at radius 2 is 2.00 bits per heavy atom. The smallest absolute Gasteiger partial charge is 0.341 e. The van der Waals surface area contributed by atoms with Crippen molar-refractivity contribution in [3.63, 3.8) is 0 Å². The van der Waals surface area contributed by atoms with Crippen LogP contribution in [0.1, 0.15) is 34.4 Å². The first-order valence-electron chi connectivity index (χ1n) is 6.34. The van der Waals surface area contributed by atoms with Crippen molar-refractivity contribution in [2.45, 2.75) is 20.3 Å². The third kappa shape index (κ3) is 3.38. The summed E-state index contributed by atoms with van der Waals surface area (Å²) in [7, 11) is 0. The maximum absolute atomic E-state index is 12.8. The Kier molecular flexibility index (Phi) is 4.40. The Morgan fingerprint density at radius 1 is 1.30 bits per heavy atom. The minimum atomic E-state index is -0.418. The van der Waals surface area contributed by atoms with Gasteiger partial charge >= 0.3 is 5.97 Å². The molecule has 0 fully saturated rings. The lowest BCUT2D eigenvalue weighted by atomic mass is 10.1. The van der Waals surface area contributed by atoms with Crippen molar-refractivity contribution < 1.29 is 13.9 Å². The van der Waals surface area contributed by atoms with E-state index in [1.165, 1.54) is 18.3 Å². The molecule has 0 radical (unpaired) electrons. The number of nitrogens with zero attached hydrogens (tertiary/aromatic N) is 2. The molecule has 0 saturated heterocycles. The van der Waals surface area contributed by atoms with Gasteiger partial charge in [0.15, 0.2) is 0 Å². The van der Waals surface area contributed by atoms with Crippen LogP contribution < -0.4 is 0 Å². The number of carbonyl (C=O) groups excluding carboxylic acids is 1. The van der Waals surface area contributed by atoms with E-state index in [2.05, 4.69) is 9.97 Å². The lowest BCUT2D eigenvalue weighted by molar-refractivity contribution is 0.0524. The van der Waals surface area contributed by atoms with Crippen molar-refractivity contribution in [1.82, 2.24) is 9.97 Å². The van der Waals surface area contributed by atoms with Crippen LogP contribution in [0.15, 0.2) is 30.5 Å². The van der Waals surface area contributed by atoms with Crippen molar-refractivity contribution in [2.24, 2.45) is 0 Å². The van der Waals surface area contributed by atoms with Crippen LogP contribution in [0.5, 0.6) is 0 Å². The molecule has 0 aliphatic heterocycles. The van der Waals surface area contributed by atoms with Crippen LogP contribution in [-0.4, -0.2) is 22.5 Å². The van der Waals surface area contributed by atoms with Gasteiger partial charge in [-0.1, -0.05) is 12.1 Å². The summed E-state index contributed by atoms with van der Waals surface area (Å²) in [6.07, 6.45) is 1.96. The highest BCUT2D eigenvalue weighted by Gasteiger charge is 2.12. The molecule has 1 aromatic heterocycles. The number of carbonyl (C=O) groups is 1. The monoisotopic (exact) mass is 274 g/mol. The Labute approximate surface area is 116 Å². The summed E-state index contributed by atoms with van der Waals surface area (Å²) in [5.74, 6) is -0.107. The van der Waals surface area contributed by atoms with Crippen molar-refractivity contribution in [2.75, 3.05) is 6.61 Å². The number of hydrogen-bond acceptors (Lipinski definition) is 4. The molecule has 0 spiro atoms. The van der Waals surface area contributed by atoms with Gasteiger partial charge in [0, 0.05) is 12.6 Å². The van der Waals surface area contributed by atoms with Gasteiger partial charge in [0.2, 0.25) is 0 Å². The van der Waals surface area contributed by atoms with E-state index >= 15 is 0 Å². The third-order valence-electron chi connectivity index (χ3n) is 2.80. The van der Waals surface area contributed by atoms with Gasteiger partial charge in [0.05, 0.1) is 17.9 Å². The van der Waals surface area contributed by atoms with Crippen LogP contribution in [0, 0.1) is 12.7 Å². The molecule has 4 nitrogen and oxygen atoms in total. The lowest BCUT2D eigenvalue weighted by Gasteiger charge is -2.06. The summed E-state index contributed by atoms with van der Waals surface area (Å²) in [6, 6.07) is 6.17. The maximum atomic E-state index is 12.8. The average molecular weight is 274 g/mol. The summed E-state index contributed by atoms with van der Waals surface area (Å²) in [5, 5.41) is 0. The molecule has 0 saturated carbocycles. The molecule has 104 valence electrons. The summed E-state index contributed by atoms with van der Waals surface area (Å²) in [4.78, 5) is 20.1. The average Bonchev–Trinajstić information content (AvgIpc) is 2.42. The van der Waals surface area contributed by atoms with Gasteiger partial charge in [-0.15, -0.1) is 0 Å². The molecule has 0 N–H and O–H groups in total. The van der Waals surface area contributed by atoms with Gasteiger partial charge in [-0.05, 0) is 31.5 Å². The fourth-order valence-corrected chi connectivity index (χ4v) is 1.79. The second-order valence-electron chi connectivity index (χ2n) is 4.31. The fraction of sp³-hybridized carbons (Fsp3) is 0.267. The Morgan fingerprint density at radius 3 is 2.60 bits per heavy atom. The lowest BCUT2D eigenvalue weighted by Crippen LogP contribution is -2.10. The molecular formula is C15H15FN2O2. The molecule has 20 heavy (non-hydrogen) atoms.